The molecule has 1 radical (unpaired) electrons. The van der Waals surface area contributed by atoms with E-state index in [4.69, 9.17) is 11.6 Å². The van der Waals surface area contributed by atoms with Gasteiger partial charge in [-0.3, -0.25) is 14.5 Å². The summed E-state index contributed by atoms with van der Waals surface area (Å²) in [4.78, 5) is 25.0. The van der Waals surface area contributed by atoms with Crippen molar-refractivity contribution < 1.29 is 18.3 Å². The second-order valence-electron chi connectivity index (χ2n) is 6.85. The highest BCUT2D eigenvalue weighted by Crippen LogP contribution is 2.39. The Hall–Kier alpha value is -3.11. The van der Waals surface area contributed by atoms with E-state index in [1.165, 1.54) is 18.2 Å². The van der Waals surface area contributed by atoms with Crippen molar-refractivity contribution in [3.05, 3.63) is 73.5 Å². The standard InChI is InChI=1S/C20H12ClF3N3O3S/c1-9-5-11(14(28)7-13(9)21)18-12-6-10(3-4-15(12)31-25-18)27-17(29)8-16(20(22,23)24)26(2)19(27)30/h3-8H,1-2H3. The molecule has 0 unspecified atom stereocenters. The van der Waals surface area contributed by atoms with Crippen LogP contribution < -0.4 is 11.2 Å². The first-order valence-corrected chi connectivity index (χ1v) is 9.92. The van der Waals surface area contributed by atoms with E-state index in [9.17, 15) is 27.9 Å². The predicted molar refractivity (Wildman–Crippen MR) is 111 cm³/mol. The number of rotatable bonds is 2. The van der Waals surface area contributed by atoms with E-state index in [-0.39, 0.29) is 17.0 Å². The van der Waals surface area contributed by atoms with Crippen LogP contribution in [0.15, 0.2) is 46.0 Å². The molecule has 0 amide bonds. The largest absolute Gasteiger partial charge is 0.431 e. The topological polar surface area (TPSA) is 76.8 Å². The summed E-state index contributed by atoms with van der Waals surface area (Å²) in [6.07, 6.45) is -4.85. The Kier molecular flexibility index (Phi) is 4.94. The Bertz CT molecular complexity index is 1470. The molecule has 0 saturated carbocycles. The molecule has 0 aliphatic carbocycles. The Morgan fingerprint density at radius 1 is 1.10 bits per heavy atom. The van der Waals surface area contributed by atoms with Crippen LogP contribution >= 0.6 is 23.1 Å². The van der Waals surface area contributed by atoms with Crippen LogP contribution in [-0.2, 0) is 18.3 Å². The van der Waals surface area contributed by atoms with Crippen molar-refractivity contribution in [3.63, 3.8) is 0 Å². The lowest BCUT2D eigenvalue weighted by molar-refractivity contribution is -0.144. The number of nitrogens with zero attached hydrogens (tertiary/aromatic N) is 3. The Labute approximate surface area is 181 Å². The number of aryl methyl sites for hydroxylation is 1. The van der Waals surface area contributed by atoms with E-state index < -0.39 is 23.1 Å². The molecule has 31 heavy (non-hydrogen) atoms. The van der Waals surface area contributed by atoms with E-state index in [1.807, 2.05) is 0 Å². The lowest BCUT2D eigenvalue weighted by atomic mass is 10.0. The van der Waals surface area contributed by atoms with Crippen LogP contribution in [0.2, 0.25) is 5.02 Å². The molecule has 0 aliphatic rings. The molecule has 4 rings (SSSR count). The Morgan fingerprint density at radius 3 is 2.48 bits per heavy atom. The average molecular weight is 467 g/mol. The highest BCUT2D eigenvalue weighted by Gasteiger charge is 2.35. The van der Waals surface area contributed by atoms with Crippen molar-refractivity contribution >= 4 is 33.2 Å². The van der Waals surface area contributed by atoms with Crippen molar-refractivity contribution in [2.45, 2.75) is 13.1 Å². The minimum absolute atomic E-state index is 0.0615. The van der Waals surface area contributed by atoms with Gasteiger partial charge in [-0.25, -0.2) is 9.36 Å². The summed E-state index contributed by atoms with van der Waals surface area (Å²) in [5.41, 5.74) is -2.25. The van der Waals surface area contributed by atoms with Gasteiger partial charge in [0.05, 0.1) is 16.1 Å². The molecule has 0 aliphatic heterocycles. The van der Waals surface area contributed by atoms with Crippen LogP contribution in [-0.4, -0.2) is 13.5 Å². The zero-order chi connectivity index (χ0) is 22.7. The molecule has 4 aromatic rings. The van der Waals surface area contributed by atoms with Crippen LogP contribution in [0.1, 0.15) is 11.3 Å². The predicted octanol–water partition coefficient (Wildman–Crippen LogP) is 4.94. The molecular weight excluding hydrogens is 455 g/mol. The zero-order valence-electron chi connectivity index (χ0n) is 16.0. The van der Waals surface area contributed by atoms with Crippen molar-refractivity contribution in [2.24, 2.45) is 7.05 Å². The van der Waals surface area contributed by atoms with Gasteiger partial charge in [-0.15, -0.1) is 0 Å². The number of hydrogen-bond donors (Lipinski definition) is 0. The van der Waals surface area contributed by atoms with Crippen molar-refractivity contribution in [2.75, 3.05) is 0 Å². The second kappa shape index (κ2) is 7.24. The molecule has 0 N–H and O–H groups in total. The Morgan fingerprint density at radius 2 is 1.81 bits per heavy atom. The quantitative estimate of drug-likeness (QED) is 0.420. The van der Waals surface area contributed by atoms with Gasteiger partial charge in [0.15, 0.2) is 5.75 Å². The molecule has 0 bridgehead atoms. The van der Waals surface area contributed by atoms with Crippen molar-refractivity contribution in [3.8, 4) is 22.7 Å². The fraction of sp³-hybridized carbons (Fsp3) is 0.150. The molecule has 6 nitrogen and oxygen atoms in total. The van der Waals surface area contributed by atoms with Gasteiger partial charge < -0.3 is 0 Å². The lowest BCUT2D eigenvalue weighted by Gasteiger charge is -2.14. The van der Waals surface area contributed by atoms with Crippen molar-refractivity contribution in [1.82, 2.24) is 13.5 Å². The number of alkyl halides is 3. The van der Waals surface area contributed by atoms with Gasteiger partial charge in [0.1, 0.15) is 5.69 Å². The van der Waals surface area contributed by atoms with Crippen LogP contribution in [0.4, 0.5) is 13.2 Å². The van der Waals surface area contributed by atoms with Gasteiger partial charge in [-0.05, 0) is 48.3 Å². The molecule has 2 heterocycles. The van der Waals surface area contributed by atoms with Crippen LogP contribution in [0.25, 0.3) is 27.0 Å². The first kappa shape index (κ1) is 21.1. The maximum Gasteiger partial charge on any atom is 0.431 e. The van der Waals surface area contributed by atoms with Gasteiger partial charge in [0.25, 0.3) is 5.56 Å². The summed E-state index contributed by atoms with van der Waals surface area (Å²) in [6.45, 7) is 1.73. The number of hydrogen-bond acceptors (Lipinski definition) is 4. The SMILES string of the molecule is Cc1cc(-c2nsc3ccc(-n4c(=O)cc(C(F)(F)F)n(C)c4=O)cc23)c([O])cc1Cl. The van der Waals surface area contributed by atoms with Gasteiger partial charge >= 0.3 is 11.9 Å². The second-order valence-corrected chi connectivity index (χ2v) is 8.06. The minimum atomic E-state index is -4.85. The third-order valence-corrected chi connectivity index (χ3v) is 6.07. The van der Waals surface area contributed by atoms with Gasteiger partial charge in [-0.2, -0.15) is 17.5 Å². The summed E-state index contributed by atoms with van der Waals surface area (Å²) in [5, 5.41) is 13.2. The summed E-state index contributed by atoms with van der Waals surface area (Å²) in [5.74, 6) is -0.351. The minimum Gasteiger partial charge on any atom is -0.292 e. The first-order valence-electron chi connectivity index (χ1n) is 8.76. The summed E-state index contributed by atoms with van der Waals surface area (Å²) >= 11 is 7.10. The van der Waals surface area contributed by atoms with Crippen LogP contribution in [0.3, 0.4) is 0 Å². The molecule has 2 aromatic carbocycles. The first-order chi connectivity index (χ1) is 14.5. The normalized spacial score (nSPS) is 11.9. The van der Waals surface area contributed by atoms with E-state index in [2.05, 4.69) is 4.37 Å². The average Bonchev–Trinajstić information content (AvgIpc) is 3.10. The maximum atomic E-state index is 13.1. The van der Waals surface area contributed by atoms with Crippen molar-refractivity contribution in [1.29, 1.82) is 0 Å². The number of benzene rings is 2. The third kappa shape index (κ3) is 3.51. The number of aromatic nitrogens is 3. The lowest BCUT2D eigenvalue weighted by Crippen LogP contribution is -2.40. The highest BCUT2D eigenvalue weighted by atomic mass is 35.5. The molecule has 11 heteroatoms. The van der Waals surface area contributed by atoms with E-state index in [0.717, 1.165) is 18.6 Å². The molecule has 0 fully saturated rings. The van der Waals surface area contributed by atoms with Crippen LogP contribution in [0, 0.1) is 6.92 Å². The summed E-state index contributed by atoms with van der Waals surface area (Å²) in [7, 11) is 0.942. The third-order valence-electron chi connectivity index (χ3n) is 4.84. The van der Waals surface area contributed by atoms with Gasteiger partial charge in [0.2, 0.25) is 0 Å². The number of halogens is 4. The molecular formula is C20H12ClF3N3O3S. The summed E-state index contributed by atoms with van der Waals surface area (Å²) < 4.78 is 45.3. The van der Waals surface area contributed by atoms with E-state index in [1.54, 1.807) is 19.1 Å². The Balaban J connectivity index is 1.96. The monoisotopic (exact) mass is 466 g/mol. The van der Waals surface area contributed by atoms with Crippen LogP contribution in [0.5, 0.6) is 5.75 Å². The van der Waals surface area contributed by atoms with E-state index in [0.29, 0.717) is 41.6 Å². The summed E-state index contributed by atoms with van der Waals surface area (Å²) in [6, 6.07) is 7.71. The maximum absolute atomic E-state index is 13.1. The fourth-order valence-electron chi connectivity index (χ4n) is 3.24. The zero-order valence-corrected chi connectivity index (χ0v) is 17.5. The molecule has 159 valence electrons. The molecule has 0 saturated heterocycles. The molecule has 0 atom stereocenters. The molecule has 0 spiro atoms. The molecule has 2 aromatic heterocycles. The number of fused-ring (bicyclic) bond motifs is 1. The highest BCUT2D eigenvalue weighted by molar-refractivity contribution is 7.13. The van der Waals surface area contributed by atoms with Gasteiger partial charge in [0, 0.05) is 35.2 Å². The smallest absolute Gasteiger partial charge is 0.292 e. The fourth-order valence-corrected chi connectivity index (χ4v) is 4.17. The van der Waals surface area contributed by atoms with E-state index >= 15 is 0 Å². The van der Waals surface area contributed by atoms with Gasteiger partial charge in [-0.1, -0.05) is 11.6 Å².